The van der Waals surface area contributed by atoms with Crippen LogP contribution in [0, 0.1) is 12.8 Å². The Bertz CT molecular complexity index is 765. The Balaban J connectivity index is 2.39. The van der Waals surface area contributed by atoms with Gasteiger partial charge in [-0.2, -0.15) is 0 Å². The number of rotatable bonds is 5. The molecule has 0 aliphatic rings. The molecular weight excluding hydrogens is 318 g/mol. The third kappa shape index (κ3) is 3.34. The number of carboxylic acids is 1. The van der Waals surface area contributed by atoms with Crippen LogP contribution in [-0.4, -0.2) is 22.5 Å². The van der Waals surface area contributed by atoms with Crippen LogP contribution in [0.15, 0.2) is 22.6 Å². The minimum atomic E-state index is -0.967. The normalized spacial score (nSPS) is 14.0. The summed E-state index contributed by atoms with van der Waals surface area (Å²) in [5, 5.41) is 13.1. The smallest absolute Gasteiger partial charge is 0.305 e. The molecule has 2 N–H and O–H groups in total. The summed E-state index contributed by atoms with van der Waals surface area (Å²) >= 11 is 6.10. The van der Waals surface area contributed by atoms with Crippen LogP contribution in [0.1, 0.15) is 43.3 Å². The number of fused-ring (bicyclic) bond motifs is 1. The lowest BCUT2D eigenvalue weighted by Gasteiger charge is -2.33. The summed E-state index contributed by atoms with van der Waals surface area (Å²) < 4.78 is 5.63. The van der Waals surface area contributed by atoms with Crippen LogP contribution in [0.25, 0.3) is 11.0 Å². The van der Waals surface area contributed by atoms with Gasteiger partial charge >= 0.3 is 5.97 Å². The number of aliphatic carboxylic acids is 1. The fraction of sp³-hybridized carbons (Fsp3) is 0.412. The highest BCUT2D eigenvalue weighted by molar-refractivity contribution is 6.35. The second-order valence-electron chi connectivity index (χ2n) is 6.27. The van der Waals surface area contributed by atoms with Gasteiger partial charge in [0.2, 0.25) is 0 Å². The molecule has 0 aliphatic heterocycles. The summed E-state index contributed by atoms with van der Waals surface area (Å²) in [4.78, 5) is 23.7. The third-order valence-electron chi connectivity index (χ3n) is 4.31. The van der Waals surface area contributed by atoms with Gasteiger partial charge in [0.25, 0.3) is 5.91 Å². The van der Waals surface area contributed by atoms with Crippen LogP contribution in [0.2, 0.25) is 5.02 Å². The highest BCUT2D eigenvalue weighted by Gasteiger charge is 2.34. The zero-order chi connectivity index (χ0) is 17.4. The van der Waals surface area contributed by atoms with Gasteiger partial charge < -0.3 is 14.8 Å². The van der Waals surface area contributed by atoms with Crippen LogP contribution < -0.4 is 5.32 Å². The Kier molecular flexibility index (Phi) is 4.71. The fourth-order valence-electron chi connectivity index (χ4n) is 2.45. The highest BCUT2D eigenvalue weighted by Crippen LogP contribution is 2.31. The van der Waals surface area contributed by atoms with Crippen LogP contribution >= 0.6 is 11.6 Å². The summed E-state index contributed by atoms with van der Waals surface area (Å²) in [5.41, 5.74) is 0.265. The maximum absolute atomic E-state index is 12.6. The Morgan fingerprint density at radius 3 is 2.57 bits per heavy atom. The zero-order valence-electron chi connectivity index (χ0n) is 13.6. The van der Waals surface area contributed by atoms with Crippen molar-refractivity contribution in [2.45, 2.75) is 39.7 Å². The summed E-state index contributed by atoms with van der Waals surface area (Å²) in [6, 6.07) is 5.31. The van der Waals surface area contributed by atoms with Crippen molar-refractivity contribution < 1.29 is 19.1 Å². The number of carboxylic acid groups (broad SMARTS) is 1. The molecule has 2 aromatic rings. The first kappa shape index (κ1) is 17.3. The number of aryl methyl sites for hydroxylation is 1. The second kappa shape index (κ2) is 6.24. The van der Waals surface area contributed by atoms with Crippen molar-refractivity contribution in [2.75, 3.05) is 0 Å². The molecule has 0 saturated heterocycles. The molecule has 0 spiro atoms. The number of para-hydroxylation sites is 1. The van der Waals surface area contributed by atoms with Gasteiger partial charge in [-0.05, 0) is 25.8 Å². The molecule has 0 saturated carbocycles. The van der Waals surface area contributed by atoms with E-state index in [1.165, 1.54) is 0 Å². The van der Waals surface area contributed by atoms with Gasteiger partial charge in [0, 0.05) is 10.9 Å². The molecule has 6 heteroatoms. The number of carbonyl (C=O) groups excluding carboxylic acids is 1. The Hall–Kier alpha value is -2.01. The zero-order valence-corrected chi connectivity index (χ0v) is 14.3. The second-order valence-corrected chi connectivity index (χ2v) is 6.68. The molecule has 0 radical (unpaired) electrons. The topological polar surface area (TPSA) is 79.5 Å². The fourth-order valence-corrected chi connectivity index (χ4v) is 2.66. The van der Waals surface area contributed by atoms with Crippen LogP contribution in [-0.2, 0) is 4.79 Å². The molecular formula is C17H20ClNO4. The van der Waals surface area contributed by atoms with Gasteiger partial charge in [0.15, 0.2) is 11.3 Å². The average molecular weight is 338 g/mol. The van der Waals surface area contributed by atoms with E-state index in [1.54, 1.807) is 26.0 Å². The quantitative estimate of drug-likeness (QED) is 0.863. The van der Waals surface area contributed by atoms with Crippen LogP contribution in [0.4, 0.5) is 0 Å². The molecule has 1 aromatic heterocycles. The first-order chi connectivity index (χ1) is 10.7. The number of benzene rings is 1. The summed E-state index contributed by atoms with van der Waals surface area (Å²) in [7, 11) is 0. The number of nitrogens with one attached hydrogen (secondary N) is 1. The lowest BCUT2D eigenvalue weighted by molar-refractivity contribution is -0.138. The Labute approximate surface area is 139 Å². The lowest BCUT2D eigenvalue weighted by atomic mass is 9.85. The molecule has 1 amide bonds. The van der Waals surface area contributed by atoms with E-state index in [0.29, 0.717) is 16.2 Å². The SMILES string of the molecule is Cc1c(C(=O)NC(C)(CC(=O)O)C(C)C)oc2c(Cl)cccc12. The highest BCUT2D eigenvalue weighted by atomic mass is 35.5. The molecule has 1 heterocycles. The van der Waals surface area contributed by atoms with Crippen molar-refractivity contribution in [3.63, 3.8) is 0 Å². The van der Waals surface area contributed by atoms with E-state index in [-0.39, 0.29) is 18.1 Å². The number of furan rings is 1. The van der Waals surface area contributed by atoms with Gasteiger partial charge in [-0.25, -0.2) is 0 Å². The molecule has 0 aliphatic carbocycles. The van der Waals surface area contributed by atoms with Crippen molar-refractivity contribution in [1.82, 2.24) is 5.32 Å². The summed E-state index contributed by atoms with van der Waals surface area (Å²) in [6.45, 7) is 7.23. The Morgan fingerprint density at radius 2 is 2.04 bits per heavy atom. The first-order valence-electron chi connectivity index (χ1n) is 7.37. The average Bonchev–Trinajstić information content (AvgIpc) is 2.77. The van der Waals surface area contributed by atoms with Crippen molar-refractivity contribution in [2.24, 2.45) is 5.92 Å². The maximum atomic E-state index is 12.6. The monoisotopic (exact) mass is 337 g/mol. The van der Waals surface area contributed by atoms with Crippen molar-refractivity contribution in [1.29, 1.82) is 0 Å². The first-order valence-corrected chi connectivity index (χ1v) is 7.75. The maximum Gasteiger partial charge on any atom is 0.305 e. The van der Waals surface area contributed by atoms with Crippen molar-refractivity contribution in [3.05, 3.63) is 34.5 Å². The number of hydrogen-bond acceptors (Lipinski definition) is 3. The van der Waals surface area contributed by atoms with E-state index in [9.17, 15) is 9.59 Å². The molecule has 1 aromatic carbocycles. The van der Waals surface area contributed by atoms with Gasteiger partial charge in [-0.15, -0.1) is 0 Å². The molecule has 1 atom stereocenters. The van der Waals surface area contributed by atoms with Gasteiger partial charge in [-0.1, -0.05) is 37.6 Å². The van der Waals surface area contributed by atoms with Gasteiger partial charge in [-0.3, -0.25) is 9.59 Å². The van der Waals surface area contributed by atoms with Crippen LogP contribution in [0.3, 0.4) is 0 Å². The lowest BCUT2D eigenvalue weighted by Crippen LogP contribution is -2.51. The van der Waals surface area contributed by atoms with Crippen molar-refractivity contribution in [3.8, 4) is 0 Å². The van der Waals surface area contributed by atoms with Crippen molar-refractivity contribution >= 4 is 34.4 Å². The number of amides is 1. The van der Waals surface area contributed by atoms with E-state index >= 15 is 0 Å². The van der Waals surface area contributed by atoms with Gasteiger partial charge in [0.05, 0.1) is 17.0 Å². The van der Waals surface area contributed by atoms with Crippen LogP contribution in [0.5, 0.6) is 0 Å². The van der Waals surface area contributed by atoms with E-state index in [2.05, 4.69) is 5.32 Å². The minimum absolute atomic E-state index is 0.0594. The predicted octanol–water partition coefficient (Wildman–Crippen LogP) is 4.01. The molecule has 1 unspecified atom stereocenters. The Morgan fingerprint density at radius 1 is 1.39 bits per heavy atom. The summed E-state index contributed by atoms with van der Waals surface area (Å²) in [5.74, 6) is -1.31. The number of halogens is 1. The van der Waals surface area contributed by atoms with Gasteiger partial charge in [0.1, 0.15) is 0 Å². The molecule has 2 rings (SSSR count). The largest absolute Gasteiger partial charge is 0.481 e. The molecule has 0 fully saturated rings. The number of carbonyl (C=O) groups is 2. The summed E-state index contributed by atoms with van der Waals surface area (Å²) in [6.07, 6.45) is -0.170. The molecule has 124 valence electrons. The molecule has 23 heavy (non-hydrogen) atoms. The predicted molar refractivity (Wildman–Crippen MR) is 88.9 cm³/mol. The van der Waals surface area contributed by atoms with E-state index in [1.807, 2.05) is 19.9 Å². The third-order valence-corrected chi connectivity index (χ3v) is 4.61. The standard InChI is InChI=1S/C17H20ClNO4/c1-9(2)17(4,8-13(20)21)19-16(22)14-10(3)11-6-5-7-12(18)15(11)23-14/h5-7,9H,8H2,1-4H3,(H,19,22)(H,20,21). The number of hydrogen-bond donors (Lipinski definition) is 2. The molecule has 0 bridgehead atoms. The minimum Gasteiger partial charge on any atom is -0.481 e. The van der Waals surface area contributed by atoms with E-state index < -0.39 is 17.4 Å². The molecule has 5 nitrogen and oxygen atoms in total. The van der Waals surface area contributed by atoms with E-state index in [0.717, 1.165) is 5.39 Å². The van der Waals surface area contributed by atoms with E-state index in [4.69, 9.17) is 21.1 Å².